The third-order valence-electron chi connectivity index (χ3n) is 3.63. The first kappa shape index (κ1) is 13.8. The van der Waals surface area contributed by atoms with Gasteiger partial charge in [-0.15, -0.1) is 0 Å². The van der Waals surface area contributed by atoms with E-state index in [1.165, 1.54) is 6.33 Å². The van der Waals surface area contributed by atoms with E-state index < -0.39 is 5.79 Å². The van der Waals surface area contributed by atoms with Crippen LogP contribution in [0.3, 0.4) is 0 Å². The second-order valence-corrected chi connectivity index (χ2v) is 5.81. The molecule has 114 valence electrons. The third kappa shape index (κ3) is 2.29. The van der Waals surface area contributed by atoms with Crippen molar-refractivity contribution in [3.8, 4) is 0 Å². The number of nitrogens with zero attached hydrogens (tertiary/aromatic N) is 3. The summed E-state index contributed by atoms with van der Waals surface area (Å²) in [6.45, 7) is 2.82. The van der Waals surface area contributed by atoms with Crippen LogP contribution in [0.15, 0.2) is 41.3 Å². The van der Waals surface area contributed by atoms with Crippen molar-refractivity contribution in [2.45, 2.75) is 25.4 Å². The van der Waals surface area contributed by atoms with Crippen LogP contribution in [0.2, 0.25) is 5.02 Å². The van der Waals surface area contributed by atoms with Crippen molar-refractivity contribution in [1.29, 1.82) is 0 Å². The monoisotopic (exact) mass is 319 g/mol. The Labute approximate surface area is 131 Å². The lowest BCUT2D eigenvalue weighted by Crippen LogP contribution is -2.33. The van der Waals surface area contributed by atoms with E-state index in [1.807, 2.05) is 25.1 Å². The highest BCUT2D eigenvalue weighted by Gasteiger charge is 2.45. The molecule has 1 aliphatic rings. The van der Waals surface area contributed by atoms with Gasteiger partial charge < -0.3 is 13.9 Å². The fourth-order valence-electron chi connectivity index (χ4n) is 2.66. The van der Waals surface area contributed by atoms with Crippen molar-refractivity contribution < 1.29 is 13.9 Å². The Hall–Kier alpha value is -1.89. The van der Waals surface area contributed by atoms with Crippen molar-refractivity contribution in [3.63, 3.8) is 0 Å². The Bertz CT molecular complexity index is 802. The second kappa shape index (κ2) is 5.08. The molecule has 0 amide bonds. The fraction of sp³-hybridized carbons (Fsp3) is 0.333. The van der Waals surface area contributed by atoms with Crippen molar-refractivity contribution in [2.75, 3.05) is 6.61 Å². The molecular formula is C15H14ClN3O3. The third-order valence-corrected chi connectivity index (χ3v) is 3.87. The van der Waals surface area contributed by atoms with E-state index in [9.17, 15) is 0 Å². The van der Waals surface area contributed by atoms with Gasteiger partial charge >= 0.3 is 0 Å². The molecule has 2 aromatic heterocycles. The number of benzene rings is 1. The Morgan fingerprint density at radius 1 is 1.41 bits per heavy atom. The molecule has 0 N–H and O–H groups in total. The average molecular weight is 320 g/mol. The minimum atomic E-state index is -1.00. The highest BCUT2D eigenvalue weighted by molar-refractivity contribution is 6.31. The molecular weight excluding hydrogens is 306 g/mol. The normalized spacial score (nSPS) is 25.1. The lowest BCUT2D eigenvalue weighted by atomic mass is 10.2. The molecule has 1 saturated heterocycles. The summed E-state index contributed by atoms with van der Waals surface area (Å²) in [5.74, 6) is -0.400. The molecule has 1 aromatic carbocycles. The van der Waals surface area contributed by atoms with Crippen molar-refractivity contribution in [3.05, 3.63) is 47.7 Å². The van der Waals surface area contributed by atoms with Gasteiger partial charge in [-0.3, -0.25) is 0 Å². The smallest absolute Gasteiger partial charge is 0.249 e. The summed E-state index contributed by atoms with van der Waals surface area (Å²) in [7, 11) is 0. The molecule has 0 radical (unpaired) electrons. The molecule has 1 aliphatic heterocycles. The molecule has 22 heavy (non-hydrogen) atoms. The van der Waals surface area contributed by atoms with Gasteiger partial charge in [-0.1, -0.05) is 11.6 Å². The van der Waals surface area contributed by atoms with Crippen molar-refractivity contribution >= 4 is 22.6 Å². The predicted octanol–water partition coefficient (Wildman–Crippen LogP) is 2.97. The quantitative estimate of drug-likeness (QED) is 0.742. The molecule has 3 aromatic rings. The molecule has 0 unspecified atom stereocenters. The maximum atomic E-state index is 6.03. The van der Waals surface area contributed by atoms with Crippen LogP contribution in [-0.4, -0.2) is 27.5 Å². The van der Waals surface area contributed by atoms with Gasteiger partial charge in [-0.05, 0) is 31.2 Å². The van der Waals surface area contributed by atoms with Crippen LogP contribution < -0.4 is 0 Å². The van der Waals surface area contributed by atoms with Crippen LogP contribution in [0.25, 0.3) is 11.0 Å². The molecule has 0 aliphatic carbocycles. The van der Waals surface area contributed by atoms with Crippen LogP contribution in [0.1, 0.15) is 12.7 Å². The minimum Gasteiger partial charge on any atom is -0.455 e. The first-order valence-corrected chi connectivity index (χ1v) is 7.36. The van der Waals surface area contributed by atoms with Gasteiger partial charge in [0.05, 0.1) is 12.7 Å². The summed E-state index contributed by atoms with van der Waals surface area (Å²) in [5.41, 5.74) is 0.740. The first-order chi connectivity index (χ1) is 10.6. The molecule has 6 nitrogen and oxygen atoms in total. The Kier molecular flexibility index (Phi) is 3.18. The van der Waals surface area contributed by atoms with E-state index in [4.69, 9.17) is 25.5 Å². The molecule has 7 heteroatoms. The van der Waals surface area contributed by atoms with Crippen molar-refractivity contribution in [2.24, 2.45) is 0 Å². The van der Waals surface area contributed by atoms with E-state index in [1.54, 1.807) is 17.1 Å². The lowest BCUT2D eigenvalue weighted by molar-refractivity contribution is -0.198. The number of furan rings is 1. The van der Waals surface area contributed by atoms with E-state index in [0.717, 1.165) is 11.0 Å². The largest absolute Gasteiger partial charge is 0.455 e. The number of hydrogen-bond acceptors (Lipinski definition) is 5. The maximum absolute atomic E-state index is 6.03. The molecule has 0 saturated carbocycles. The topological polar surface area (TPSA) is 62.3 Å². The molecule has 3 heterocycles. The van der Waals surface area contributed by atoms with Crippen molar-refractivity contribution in [1.82, 2.24) is 14.8 Å². The number of ether oxygens (including phenoxy) is 2. The van der Waals surface area contributed by atoms with Crippen LogP contribution in [0.5, 0.6) is 0 Å². The summed E-state index contributed by atoms with van der Waals surface area (Å²) in [6.07, 6.45) is 3.07. The summed E-state index contributed by atoms with van der Waals surface area (Å²) in [5, 5.41) is 5.69. The van der Waals surface area contributed by atoms with E-state index in [2.05, 4.69) is 10.1 Å². The Morgan fingerprint density at radius 3 is 3.05 bits per heavy atom. The summed E-state index contributed by atoms with van der Waals surface area (Å²) in [4.78, 5) is 3.96. The number of rotatable bonds is 3. The molecule has 2 atom stereocenters. The summed E-state index contributed by atoms with van der Waals surface area (Å²) >= 11 is 6.03. The van der Waals surface area contributed by atoms with Crippen LogP contribution >= 0.6 is 11.6 Å². The van der Waals surface area contributed by atoms with Gasteiger partial charge in [-0.2, -0.15) is 5.10 Å². The van der Waals surface area contributed by atoms with Crippen LogP contribution in [-0.2, 0) is 21.8 Å². The number of halogens is 1. The van der Waals surface area contributed by atoms with E-state index in [0.29, 0.717) is 23.9 Å². The second-order valence-electron chi connectivity index (χ2n) is 5.38. The minimum absolute atomic E-state index is 0.0275. The van der Waals surface area contributed by atoms with Gasteiger partial charge in [0.15, 0.2) is 5.76 Å². The van der Waals surface area contributed by atoms with Gasteiger partial charge in [0.25, 0.3) is 0 Å². The van der Waals surface area contributed by atoms with Crippen LogP contribution in [0.4, 0.5) is 0 Å². The van der Waals surface area contributed by atoms with Gasteiger partial charge in [0, 0.05) is 10.4 Å². The Balaban J connectivity index is 1.78. The zero-order chi connectivity index (χ0) is 15.2. The molecule has 4 rings (SSSR count). The maximum Gasteiger partial charge on any atom is 0.249 e. The summed E-state index contributed by atoms with van der Waals surface area (Å²) in [6, 6.07) is 7.38. The number of fused-ring (bicyclic) bond motifs is 1. The lowest BCUT2D eigenvalue weighted by Gasteiger charge is -2.25. The molecule has 0 spiro atoms. The average Bonchev–Trinajstić information content (AvgIpc) is 3.19. The highest BCUT2D eigenvalue weighted by Crippen LogP contribution is 2.39. The zero-order valence-electron chi connectivity index (χ0n) is 11.9. The summed E-state index contributed by atoms with van der Waals surface area (Å²) < 4.78 is 19.6. The molecule has 0 bridgehead atoms. The number of aromatic nitrogens is 3. The zero-order valence-corrected chi connectivity index (χ0v) is 12.7. The van der Waals surface area contributed by atoms with E-state index >= 15 is 0 Å². The van der Waals surface area contributed by atoms with Gasteiger partial charge in [0.2, 0.25) is 5.79 Å². The SMILES string of the molecule is C[C@@H]1CO[C@@](Cn2cncn2)(c2cc3cc(Cl)ccc3o2)O1. The van der Waals surface area contributed by atoms with Gasteiger partial charge in [-0.25, -0.2) is 9.67 Å². The highest BCUT2D eigenvalue weighted by atomic mass is 35.5. The predicted molar refractivity (Wildman–Crippen MR) is 79.4 cm³/mol. The fourth-order valence-corrected chi connectivity index (χ4v) is 2.85. The number of hydrogen-bond donors (Lipinski definition) is 0. The molecule has 1 fully saturated rings. The van der Waals surface area contributed by atoms with Gasteiger partial charge in [0.1, 0.15) is 24.8 Å². The Morgan fingerprint density at radius 2 is 2.32 bits per heavy atom. The standard InChI is InChI=1S/C15H14ClN3O3/c1-10-6-20-15(22-10,7-19-9-17-8-18-19)14-5-11-4-12(16)2-3-13(11)21-14/h2-5,8-10H,6-7H2,1H3/t10-,15-/m1/s1. The van der Waals surface area contributed by atoms with E-state index in [-0.39, 0.29) is 6.10 Å². The van der Waals surface area contributed by atoms with Crippen LogP contribution in [0, 0.1) is 0 Å². The first-order valence-electron chi connectivity index (χ1n) is 6.98.